The molecule has 122 valence electrons. The standard InChI is InChI=1S/C16H21N5O2/c22-15-7-11(9-21-4-1-3-18-21)6-14(15)20-16-17-8-12-10-23-5-2-13(12)19-16/h1,3-4,8,11,14-15,22H,2,5-7,9-10H2,(H,17,19,20)/t11?,14-,15-/m1/s1. The van der Waals surface area contributed by atoms with Crippen LogP contribution in [0, 0.1) is 5.92 Å². The van der Waals surface area contributed by atoms with E-state index in [1.54, 1.807) is 6.20 Å². The zero-order valence-electron chi connectivity index (χ0n) is 12.9. The third kappa shape index (κ3) is 3.20. The van der Waals surface area contributed by atoms with Crippen molar-refractivity contribution in [3.05, 3.63) is 35.9 Å². The molecule has 1 aliphatic carbocycles. The summed E-state index contributed by atoms with van der Waals surface area (Å²) in [5, 5.41) is 17.9. The molecular formula is C16H21N5O2. The molecule has 0 radical (unpaired) electrons. The van der Waals surface area contributed by atoms with Crippen LogP contribution < -0.4 is 5.32 Å². The highest BCUT2D eigenvalue weighted by Crippen LogP contribution is 2.29. The molecule has 3 atom stereocenters. The van der Waals surface area contributed by atoms with Gasteiger partial charge in [0.15, 0.2) is 0 Å². The minimum Gasteiger partial charge on any atom is -0.391 e. The van der Waals surface area contributed by atoms with E-state index in [0.717, 1.165) is 37.1 Å². The molecule has 0 aromatic carbocycles. The summed E-state index contributed by atoms with van der Waals surface area (Å²) in [6.45, 7) is 2.14. The van der Waals surface area contributed by atoms with E-state index in [0.29, 0.717) is 25.1 Å². The molecule has 2 aromatic heterocycles. The van der Waals surface area contributed by atoms with Gasteiger partial charge in [0.2, 0.25) is 5.95 Å². The molecule has 23 heavy (non-hydrogen) atoms. The lowest BCUT2D eigenvalue weighted by molar-refractivity contribution is 0.109. The van der Waals surface area contributed by atoms with Gasteiger partial charge in [0.1, 0.15) is 0 Å². The van der Waals surface area contributed by atoms with E-state index in [1.807, 2.05) is 23.1 Å². The van der Waals surface area contributed by atoms with Crippen LogP contribution >= 0.6 is 0 Å². The fraction of sp³-hybridized carbons (Fsp3) is 0.562. The summed E-state index contributed by atoms with van der Waals surface area (Å²) < 4.78 is 7.33. The molecule has 1 aliphatic heterocycles. The Balaban J connectivity index is 1.40. The van der Waals surface area contributed by atoms with Crippen molar-refractivity contribution in [2.75, 3.05) is 11.9 Å². The number of aromatic nitrogens is 4. The zero-order valence-corrected chi connectivity index (χ0v) is 12.9. The molecule has 7 heteroatoms. The number of ether oxygens (including phenoxy) is 1. The van der Waals surface area contributed by atoms with Gasteiger partial charge >= 0.3 is 0 Å². The lowest BCUT2D eigenvalue weighted by Crippen LogP contribution is -2.29. The summed E-state index contributed by atoms with van der Waals surface area (Å²) in [5.74, 6) is 1.02. The summed E-state index contributed by atoms with van der Waals surface area (Å²) in [4.78, 5) is 8.94. The number of hydrogen-bond acceptors (Lipinski definition) is 6. The summed E-state index contributed by atoms with van der Waals surface area (Å²) in [7, 11) is 0. The number of hydrogen-bond donors (Lipinski definition) is 2. The van der Waals surface area contributed by atoms with Gasteiger partial charge in [0.05, 0.1) is 31.1 Å². The fourth-order valence-corrected chi connectivity index (χ4v) is 3.46. The molecule has 1 unspecified atom stereocenters. The van der Waals surface area contributed by atoms with Crippen LogP contribution in [0.3, 0.4) is 0 Å². The van der Waals surface area contributed by atoms with E-state index in [9.17, 15) is 5.11 Å². The third-order valence-corrected chi connectivity index (χ3v) is 4.64. The quantitative estimate of drug-likeness (QED) is 0.875. The molecule has 1 fully saturated rings. The number of nitrogens with one attached hydrogen (secondary N) is 1. The Kier molecular flexibility index (Phi) is 3.97. The van der Waals surface area contributed by atoms with Crippen LogP contribution in [-0.2, 0) is 24.3 Å². The first kappa shape index (κ1) is 14.6. The van der Waals surface area contributed by atoms with Crippen LogP contribution in [-0.4, -0.2) is 43.6 Å². The number of aliphatic hydroxyl groups is 1. The van der Waals surface area contributed by atoms with Crippen molar-refractivity contribution in [3.63, 3.8) is 0 Å². The fourth-order valence-electron chi connectivity index (χ4n) is 3.46. The maximum atomic E-state index is 10.3. The predicted molar refractivity (Wildman–Crippen MR) is 83.8 cm³/mol. The van der Waals surface area contributed by atoms with Gasteiger partial charge in [-0.15, -0.1) is 0 Å². The highest BCUT2D eigenvalue weighted by Gasteiger charge is 2.33. The molecule has 3 heterocycles. The van der Waals surface area contributed by atoms with E-state index in [1.165, 1.54) is 0 Å². The maximum Gasteiger partial charge on any atom is 0.223 e. The van der Waals surface area contributed by atoms with Crippen molar-refractivity contribution >= 4 is 5.95 Å². The van der Waals surface area contributed by atoms with Crippen molar-refractivity contribution in [2.24, 2.45) is 5.92 Å². The summed E-state index contributed by atoms with van der Waals surface area (Å²) >= 11 is 0. The van der Waals surface area contributed by atoms with Crippen LogP contribution in [0.25, 0.3) is 0 Å². The number of fused-ring (bicyclic) bond motifs is 1. The molecule has 0 spiro atoms. The number of nitrogens with zero attached hydrogens (tertiary/aromatic N) is 4. The van der Waals surface area contributed by atoms with Crippen molar-refractivity contribution in [1.82, 2.24) is 19.7 Å². The molecule has 2 aliphatic rings. The molecule has 0 saturated heterocycles. The molecule has 2 aromatic rings. The van der Waals surface area contributed by atoms with Gasteiger partial charge < -0.3 is 15.2 Å². The first-order valence-corrected chi connectivity index (χ1v) is 8.12. The van der Waals surface area contributed by atoms with E-state index >= 15 is 0 Å². The lowest BCUT2D eigenvalue weighted by Gasteiger charge is -2.19. The monoisotopic (exact) mass is 315 g/mol. The second-order valence-electron chi connectivity index (χ2n) is 6.35. The Morgan fingerprint density at radius 2 is 2.35 bits per heavy atom. The molecule has 0 bridgehead atoms. The molecule has 1 saturated carbocycles. The van der Waals surface area contributed by atoms with Crippen LogP contribution in [0.2, 0.25) is 0 Å². The summed E-state index contributed by atoms with van der Waals surface area (Å²) in [5.41, 5.74) is 2.11. The number of aliphatic hydroxyl groups excluding tert-OH is 1. The van der Waals surface area contributed by atoms with Gasteiger partial charge in [0, 0.05) is 37.1 Å². The highest BCUT2D eigenvalue weighted by molar-refractivity contribution is 5.32. The third-order valence-electron chi connectivity index (χ3n) is 4.64. The van der Waals surface area contributed by atoms with Crippen molar-refractivity contribution in [2.45, 2.75) is 44.6 Å². The Morgan fingerprint density at radius 1 is 1.39 bits per heavy atom. The topological polar surface area (TPSA) is 85.1 Å². The Hall–Kier alpha value is -1.99. The number of rotatable bonds is 4. The largest absolute Gasteiger partial charge is 0.391 e. The minimum atomic E-state index is -0.376. The molecule has 0 amide bonds. The van der Waals surface area contributed by atoms with Gasteiger partial charge in [-0.25, -0.2) is 9.97 Å². The molecule has 7 nitrogen and oxygen atoms in total. The van der Waals surface area contributed by atoms with E-state index < -0.39 is 0 Å². The first-order valence-electron chi connectivity index (χ1n) is 8.12. The highest BCUT2D eigenvalue weighted by atomic mass is 16.5. The lowest BCUT2D eigenvalue weighted by atomic mass is 10.1. The summed E-state index contributed by atoms with van der Waals surface area (Å²) in [6, 6.07) is 1.92. The van der Waals surface area contributed by atoms with Gasteiger partial charge in [-0.3, -0.25) is 4.68 Å². The number of anilines is 1. The van der Waals surface area contributed by atoms with E-state index in [-0.39, 0.29) is 12.1 Å². The SMILES string of the molecule is O[C@@H]1CC(Cn2cccn2)C[C@H]1Nc1ncc2c(n1)CCOC2. The first-order chi connectivity index (χ1) is 11.3. The van der Waals surface area contributed by atoms with Crippen LogP contribution in [0.4, 0.5) is 5.95 Å². The van der Waals surface area contributed by atoms with Crippen LogP contribution in [0.5, 0.6) is 0 Å². The predicted octanol–water partition coefficient (Wildman–Crippen LogP) is 0.997. The van der Waals surface area contributed by atoms with Crippen LogP contribution in [0.15, 0.2) is 24.7 Å². The molecular weight excluding hydrogens is 294 g/mol. The van der Waals surface area contributed by atoms with Gasteiger partial charge in [-0.1, -0.05) is 0 Å². The zero-order chi connectivity index (χ0) is 15.6. The Bertz CT molecular complexity index is 660. The average molecular weight is 315 g/mol. The molecule has 4 rings (SSSR count). The van der Waals surface area contributed by atoms with Gasteiger partial charge in [0.25, 0.3) is 0 Å². The Morgan fingerprint density at radius 3 is 3.22 bits per heavy atom. The van der Waals surface area contributed by atoms with Crippen molar-refractivity contribution in [1.29, 1.82) is 0 Å². The van der Waals surface area contributed by atoms with Gasteiger partial charge in [-0.2, -0.15) is 5.10 Å². The van der Waals surface area contributed by atoms with Crippen molar-refractivity contribution < 1.29 is 9.84 Å². The molecule has 2 N–H and O–H groups in total. The van der Waals surface area contributed by atoms with E-state index in [4.69, 9.17) is 4.74 Å². The summed E-state index contributed by atoms with van der Waals surface area (Å²) in [6.07, 6.45) is 7.68. The maximum absolute atomic E-state index is 10.3. The second kappa shape index (κ2) is 6.25. The smallest absolute Gasteiger partial charge is 0.223 e. The normalized spacial score (nSPS) is 26.9. The minimum absolute atomic E-state index is 0.00606. The Labute approximate surface area is 134 Å². The van der Waals surface area contributed by atoms with Gasteiger partial charge in [-0.05, 0) is 24.8 Å². The van der Waals surface area contributed by atoms with E-state index in [2.05, 4.69) is 20.4 Å². The average Bonchev–Trinajstić information content (AvgIpc) is 3.18. The van der Waals surface area contributed by atoms with Crippen LogP contribution in [0.1, 0.15) is 24.1 Å². The van der Waals surface area contributed by atoms with Crippen molar-refractivity contribution in [3.8, 4) is 0 Å². The second-order valence-corrected chi connectivity index (χ2v) is 6.35.